The normalized spacial score (nSPS) is 12.1. The lowest BCUT2D eigenvalue weighted by Crippen LogP contribution is -2.21. The predicted octanol–water partition coefficient (Wildman–Crippen LogP) is 5.62. The van der Waals surface area contributed by atoms with Crippen molar-refractivity contribution >= 4 is 11.6 Å². The minimum Gasteiger partial charge on any atom is -0.489 e. The molecule has 0 amide bonds. The molecule has 5 rings (SSSR count). The summed E-state index contributed by atoms with van der Waals surface area (Å²) in [6, 6.07) is 29.7. The molecule has 4 aromatic carbocycles. The average Bonchev–Trinajstić information content (AvgIpc) is 2.86. The van der Waals surface area contributed by atoms with Crippen molar-refractivity contribution in [3.8, 4) is 11.5 Å². The Morgan fingerprint density at radius 2 is 0.875 bits per heavy atom. The zero-order chi connectivity index (χ0) is 21.9. The Balaban J connectivity index is 1.37. The zero-order valence-corrected chi connectivity index (χ0v) is 17.3. The van der Waals surface area contributed by atoms with Crippen LogP contribution in [-0.4, -0.2) is 11.6 Å². The summed E-state index contributed by atoms with van der Waals surface area (Å²) in [7, 11) is 0. The largest absolute Gasteiger partial charge is 0.489 e. The SMILES string of the molecule is O=C1c2ccc(OCc3ccccc3)cc2C(=O)c2ccc(OCc3ccccc3)cc21. The summed E-state index contributed by atoms with van der Waals surface area (Å²) in [4.78, 5) is 26.2. The molecule has 0 aliphatic heterocycles. The first-order chi connectivity index (χ1) is 15.7. The molecule has 0 radical (unpaired) electrons. The first kappa shape index (κ1) is 19.8. The topological polar surface area (TPSA) is 52.6 Å². The van der Waals surface area contributed by atoms with Crippen LogP contribution in [0.15, 0.2) is 97.1 Å². The van der Waals surface area contributed by atoms with E-state index in [0.29, 0.717) is 47.0 Å². The molecular weight excluding hydrogens is 400 g/mol. The highest BCUT2D eigenvalue weighted by Crippen LogP contribution is 2.32. The summed E-state index contributed by atoms with van der Waals surface area (Å²) in [6.07, 6.45) is 0. The maximum absolute atomic E-state index is 13.1. The second-order valence-electron chi connectivity index (χ2n) is 7.62. The lowest BCUT2D eigenvalue weighted by molar-refractivity contribution is 0.0978. The van der Waals surface area contributed by atoms with Gasteiger partial charge < -0.3 is 9.47 Å². The zero-order valence-electron chi connectivity index (χ0n) is 17.3. The smallest absolute Gasteiger partial charge is 0.194 e. The van der Waals surface area contributed by atoms with Gasteiger partial charge in [0.05, 0.1) is 0 Å². The van der Waals surface area contributed by atoms with Gasteiger partial charge >= 0.3 is 0 Å². The van der Waals surface area contributed by atoms with Crippen molar-refractivity contribution in [3.05, 3.63) is 130 Å². The molecule has 0 unspecified atom stereocenters. The second kappa shape index (κ2) is 8.52. The number of benzene rings is 4. The van der Waals surface area contributed by atoms with Crippen LogP contribution in [0.3, 0.4) is 0 Å². The van der Waals surface area contributed by atoms with Gasteiger partial charge in [0.15, 0.2) is 11.6 Å². The molecule has 156 valence electrons. The number of carbonyl (C=O) groups excluding carboxylic acids is 2. The molecule has 0 saturated carbocycles. The molecule has 1 aliphatic rings. The van der Waals surface area contributed by atoms with Crippen LogP contribution < -0.4 is 9.47 Å². The summed E-state index contributed by atoms with van der Waals surface area (Å²) in [5.74, 6) is 0.740. The number of ether oxygens (including phenoxy) is 2. The Labute approximate surface area is 186 Å². The van der Waals surface area contributed by atoms with Crippen LogP contribution in [-0.2, 0) is 13.2 Å². The van der Waals surface area contributed by atoms with Crippen LogP contribution in [0.25, 0.3) is 0 Å². The molecular formula is C28H20O4. The van der Waals surface area contributed by atoms with Gasteiger partial charge in [-0.2, -0.15) is 0 Å². The molecule has 1 aliphatic carbocycles. The van der Waals surface area contributed by atoms with Gasteiger partial charge in [-0.1, -0.05) is 60.7 Å². The molecule has 0 spiro atoms. The molecule has 0 saturated heterocycles. The molecule has 0 N–H and O–H groups in total. The van der Waals surface area contributed by atoms with Gasteiger partial charge in [-0.15, -0.1) is 0 Å². The third-order valence-electron chi connectivity index (χ3n) is 5.46. The van der Waals surface area contributed by atoms with Gasteiger partial charge in [0.25, 0.3) is 0 Å². The lowest BCUT2D eigenvalue weighted by Gasteiger charge is -2.19. The second-order valence-corrected chi connectivity index (χ2v) is 7.62. The van der Waals surface area contributed by atoms with E-state index < -0.39 is 0 Å². The van der Waals surface area contributed by atoms with E-state index in [2.05, 4.69) is 0 Å². The van der Waals surface area contributed by atoms with Gasteiger partial charge in [-0.05, 0) is 47.5 Å². The van der Waals surface area contributed by atoms with E-state index in [1.54, 1.807) is 36.4 Å². The van der Waals surface area contributed by atoms with Gasteiger partial charge in [0, 0.05) is 22.3 Å². The fourth-order valence-electron chi connectivity index (χ4n) is 3.77. The molecule has 4 heteroatoms. The first-order valence-corrected chi connectivity index (χ1v) is 10.4. The monoisotopic (exact) mass is 420 g/mol. The molecule has 4 nitrogen and oxygen atoms in total. The van der Waals surface area contributed by atoms with Crippen molar-refractivity contribution in [1.29, 1.82) is 0 Å². The molecule has 32 heavy (non-hydrogen) atoms. The standard InChI is InChI=1S/C28H20O4/c29-27-24-14-12-22(32-18-20-9-5-2-6-10-20)16-26(24)28(30)23-13-11-21(15-25(23)27)31-17-19-7-3-1-4-8-19/h1-16H,17-18H2. The molecule has 0 fully saturated rings. The minimum atomic E-state index is -0.186. The Hall–Kier alpha value is -4.18. The number of hydrogen-bond donors (Lipinski definition) is 0. The number of hydrogen-bond acceptors (Lipinski definition) is 4. The number of fused-ring (bicyclic) bond motifs is 2. The van der Waals surface area contributed by atoms with Crippen molar-refractivity contribution in [2.45, 2.75) is 13.2 Å². The van der Waals surface area contributed by atoms with Crippen LogP contribution in [0.2, 0.25) is 0 Å². The highest BCUT2D eigenvalue weighted by molar-refractivity contribution is 6.28. The summed E-state index contributed by atoms with van der Waals surface area (Å²) in [5, 5.41) is 0. The Bertz CT molecular complexity index is 1190. The summed E-state index contributed by atoms with van der Waals surface area (Å²) in [6.45, 7) is 0.779. The molecule has 0 bridgehead atoms. The van der Waals surface area contributed by atoms with Crippen molar-refractivity contribution in [1.82, 2.24) is 0 Å². The molecule has 0 atom stereocenters. The van der Waals surface area contributed by atoms with Crippen molar-refractivity contribution < 1.29 is 19.1 Å². The van der Waals surface area contributed by atoms with Crippen LogP contribution in [0.4, 0.5) is 0 Å². The third-order valence-corrected chi connectivity index (χ3v) is 5.46. The summed E-state index contributed by atoms with van der Waals surface area (Å²) >= 11 is 0. The lowest BCUT2D eigenvalue weighted by atomic mass is 9.84. The van der Waals surface area contributed by atoms with E-state index in [1.165, 1.54) is 0 Å². The van der Waals surface area contributed by atoms with E-state index in [0.717, 1.165) is 11.1 Å². The van der Waals surface area contributed by atoms with Crippen molar-refractivity contribution in [3.63, 3.8) is 0 Å². The Morgan fingerprint density at radius 1 is 0.469 bits per heavy atom. The van der Waals surface area contributed by atoms with Crippen LogP contribution in [0, 0.1) is 0 Å². The first-order valence-electron chi connectivity index (χ1n) is 10.4. The van der Waals surface area contributed by atoms with Gasteiger partial charge in [-0.3, -0.25) is 9.59 Å². The summed E-state index contributed by atoms with van der Waals surface area (Å²) < 4.78 is 11.7. The number of carbonyl (C=O) groups is 2. The average molecular weight is 420 g/mol. The van der Waals surface area contributed by atoms with E-state index >= 15 is 0 Å². The van der Waals surface area contributed by atoms with Gasteiger partial charge in [-0.25, -0.2) is 0 Å². The maximum Gasteiger partial charge on any atom is 0.194 e. The van der Waals surface area contributed by atoms with E-state index in [4.69, 9.17) is 9.47 Å². The van der Waals surface area contributed by atoms with E-state index in [-0.39, 0.29) is 11.6 Å². The maximum atomic E-state index is 13.1. The molecule has 4 aromatic rings. The Morgan fingerprint density at radius 3 is 1.28 bits per heavy atom. The predicted molar refractivity (Wildman–Crippen MR) is 121 cm³/mol. The van der Waals surface area contributed by atoms with Gasteiger partial charge in [0.2, 0.25) is 0 Å². The van der Waals surface area contributed by atoms with Crippen molar-refractivity contribution in [2.24, 2.45) is 0 Å². The molecule has 0 heterocycles. The minimum absolute atomic E-state index is 0.186. The fourth-order valence-corrected chi connectivity index (χ4v) is 3.77. The van der Waals surface area contributed by atoms with Crippen LogP contribution >= 0.6 is 0 Å². The quantitative estimate of drug-likeness (QED) is 0.358. The summed E-state index contributed by atoms with van der Waals surface area (Å²) in [5.41, 5.74) is 3.56. The number of ketones is 2. The Kier molecular flexibility index (Phi) is 5.26. The highest BCUT2D eigenvalue weighted by Gasteiger charge is 2.30. The van der Waals surface area contributed by atoms with Crippen LogP contribution in [0.5, 0.6) is 11.5 Å². The third kappa shape index (κ3) is 3.91. The highest BCUT2D eigenvalue weighted by atomic mass is 16.5. The fraction of sp³-hybridized carbons (Fsp3) is 0.0714. The van der Waals surface area contributed by atoms with E-state index in [1.807, 2.05) is 60.7 Å². The van der Waals surface area contributed by atoms with Gasteiger partial charge in [0.1, 0.15) is 24.7 Å². The van der Waals surface area contributed by atoms with Crippen LogP contribution in [0.1, 0.15) is 43.0 Å². The molecule has 0 aromatic heterocycles. The number of rotatable bonds is 6. The van der Waals surface area contributed by atoms with E-state index in [9.17, 15) is 9.59 Å². The van der Waals surface area contributed by atoms with Crippen molar-refractivity contribution in [2.75, 3.05) is 0 Å².